The summed E-state index contributed by atoms with van der Waals surface area (Å²) in [5, 5.41) is 4.07. The van der Waals surface area contributed by atoms with Gasteiger partial charge in [-0.3, -0.25) is 19.3 Å². The average molecular weight is 583 g/mol. The lowest BCUT2D eigenvalue weighted by molar-refractivity contribution is -0.120. The van der Waals surface area contributed by atoms with E-state index in [0.29, 0.717) is 40.9 Å². The first kappa shape index (κ1) is 29.1. The number of pyridine rings is 1. The first-order valence-electron chi connectivity index (χ1n) is 13.5. The number of rotatable bonds is 10. The number of carbonyl (C=O) groups excluding carboxylic acids is 2. The molecule has 0 aliphatic heterocycles. The maximum Gasteiger partial charge on any atom is 0.282 e. The van der Waals surface area contributed by atoms with Gasteiger partial charge in [0.05, 0.1) is 17.8 Å². The number of amides is 1. The van der Waals surface area contributed by atoms with Crippen molar-refractivity contribution in [1.29, 1.82) is 0 Å². The van der Waals surface area contributed by atoms with E-state index in [1.54, 1.807) is 12.1 Å². The molecule has 1 aliphatic rings. The summed E-state index contributed by atoms with van der Waals surface area (Å²) in [6.45, 7) is -0.256. The van der Waals surface area contributed by atoms with Gasteiger partial charge in [-0.25, -0.2) is 22.0 Å². The molecule has 0 fully saturated rings. The van der Waals surface area contributed by atoms with E-state index in [1.165, 1.54) is 23.0 Å². The van der Waals surface area contributed by atoms with Crippen molar-refractivity contribution in [3.05, 3.63) is 106 Å². The Morgan fingerprint density at radius 2 is 1.69 bits per heavy atom. The van der Waals surface area contributed by atoms with Crippen LogP contribution in [0.25, 0.3) is 11.1 Å². The number of nitrogens with two attached hydrogens (primary N) is 1. The number of Topliss-reactive ketones (excluding diaryl/α,β-unsaturated/α-hetero) is 1. The highest BCUT2D eigenvalue weighted by Gasteiger charge is 2.28. The second kappa shape index (κ2) is 12.2. The third-order valence-electron chi connectivity index (χ3n) is 7.47. The lowest BCUT2D eigenvalue weighted by Crippen LogP contribution is -2.19. The van der Waals surface area contributed by atoms with Gasteiger partial charge in [-0.05, 0) is 73.6 Å². The fraction of sp³-hybridized carbons (Fsp3) is 0.290. The van der Waals surface area contributed by atoms with Crippen LogP contribution in [-0.2, 0) is 30.6 Å². The molecule has 1 aliphatic carbocycles. The van der Waals surface area contributed by atoms with Crippen molar-refractivity contribution < 1.29 is 31.5 Å². The van der Waals surface area contributed by atoms with E-state index in [-0.39, 0.29) is 42.0 Å². The zero-order valence-corrected chi connectivity index (χ0v) is 22.4. The molecule has 11 heteroatoms. The van der Waals surface area contributed by atoms with E-state index in [1.807, 2.05) is 0 Å². The summed E-state index contributed by atoms with van der Waals surface area (Å²) in [5.74, 6) is -4.41. The molecule has 0 unspecified atom stereocenters. The number of benzene rings is 2. The van der Waals surface area contributed by atoms with Crippen molar-refractivity contribution in [2.75, 3.05) is 0 Å². The number of carbonyl (C=O) groups is 2. The fourth-order valence-corrected chi connectivity index (χ4v) is 5.66. The molecule has 4 aromatic rings. The zero-order valence-electron chi connectivity index (χ0n) is 22.4. The predicted octanol–water partition coefficient (Wildman–Crippen LogP) is 6.26. The number of aromatic nitrogens is 3. The summed E-state index contributed by atoms with van der Waals surface area (Å²) >= 11 is 0. The second-order valence-corrected chi connectivity index (χ2v) is 10.4. The van der Waals surface area contributed by atoms with Gasteiger partial charge >= 0.3 is 0 Å². The lowest BCUT2D eigenvalue weighted by atomic mass is 9.86. The standard InChI is InChI=1S/C31H27F5N4O2/c32-20-11-17(12-21(33)15-20)10-19(13-22(41)16-40-27-6-2-1-4-24(27)29(39-40)30(35)36)28-23(5-3-9-38-28)18-7-8-26(34)25(14-18)31(37)42/h3,5,7-9,11-12,14-15,19,30H,1-2,4,6,10,13,16H2,(H2,37,42)/t19-/m1/s1. The lowest BCUT2D eigenvalue weighted by Gasteiger charge is -2.20. The number of nitrogens with zero attached hydrogens (tertiary/aromatic N) is 3. The van der Waals surface area contributed by atoms with Crippen LogP contribution in [0.15, 0.2) is 54.7 Å². The molecule has 0 spiro atoms. The van der Waals surface area contributed by atoms with Gasteiger partial charge < -0.3 is 5.73 Å². The maximum atomic E-state index is 14.2. The SMILES string of the molecule is NC(=O)c1cc(-c2cccnc2[C@@H](CC(=O)Cn2nc(C(F)F)c3c2CCCC3)Cc2cc(F)cc(F)c2)ccc1F. The monoisotopic (exact) mass is 582 g/mol. The number of primary amides is 1. The second-order valence-electron chi connectivity index (χ2n) is 10.4. The molecule has 1 atom stereocenters. The Bertz CT molecular complexity index is 1630. The van der Waals surface area contributed by atoms with E-state index in [0.717, 1.165) is 37.1 Å². The van der Waals surface area contributed by atoms with Gasteiger partial charge in [-0.15, -0.1) is 0 Å². The number of halogens is 5. The van der Waals surface area contributed by atoms with Gasteiger partial charge in [-0.1, -0.05) is 12.1 Å². The number of alkyl halides is 2. The van der Waals surface area contributed by atoms with Crippen LogP contribution in [-0.4, -0.2) is 26.5 Å². The van der Waals surface area contributed by atoms with Gasteiger partial charge in [0.15, 0.2) is 5.78 Å². The van der Waals surface area contributed by atoms with E-state index in [9.17, 15) is 31.5 Å². The molecular formula is C31H27F5N4O2. The highest BCUT2D eigenvalue weighted by atomic mass is 19.3. The van der Waals surface area contributed by atoms with Crippen LogP contribution < -0.4 is 5.73 Å². The summed E-state index contributed by atoms with van der Waals surface area (Å²) < 4.78 is 71.1. The molecule has 0 saturated carbocycles. The first-order valence-corrected chi connectivity index (χ1v) is 13.5. The van der Waals surface area contributed by atoms with Gasteiger partial charge in [0.25, 0.3) is 12.3 Å². The van der Waals surface area contributed by atoms with Gasteiger partial charge in [-0.2, -0.15) is 5.10 Å². The Morgan fingerprint density at radius 1 is 0.952 bits per heavy atom. The molecule has 1 amide bonds. The number of ketones is 1. The topological polar surface area (TPSA) is 90.9 Å². The normalized spacial score (nSPS) is 13.7. The van der Waals surface area contributed by atoms with E-state index >= 15 is 0 Å². The predicted molar refractivity (Wildman–Crippen MR) is 144 cm³/mol. The Morgan fingerprint density at radius 3 is 2.40 bits per heavy atom. The highest BCUT2D eigenvalue weighted by molar-refractivity contribution is 5.94. The van der Waals surface area contributed by atoms with Crippen LogP contribution in [0.3, 0.4) is 0 Å². The molecular weight excluding hydrogens is 555 g/mol. The molecule has 2 heterocycles. The van der Waals surface area contributed by atoms with Crippen molar-refractivity contribution in [1.82, 2.24) is 14.8 Å². The van der Waals surface area contributed by atoms with Crippen molar-refractivity contribution in [3.8, 4) is 11.1 Å². The molecule has 0 bridgehead atoms. The van der Waals surface area contributed by atoms with Gasteiger partial charge in [0.1, 0.15) is 23.1 Å². The molecule has 2 aromatic carbocycles. The van der Waals surface area contributed by atoms with Crippen LogP contribution in [0, 0.1) is 17.5 Å². The minimum atomic E-state index is -2.76. The Kier molecular flexibility index (Phi) is 8.46. The highest BCUT2D eigenvalue weighted by Crippen LogP contribution is 2.34. The van der Waals surface area contributed by atoms with E-state index in [2.05, 4.69) is 10.1 Å². The van der Waals surface area contributed by atoms with Gasteiger partial charge in [0, 0.05) is 41.4 Å². The van der Waals surface area contributed by atoms with Crippen molar-refractivity contribution >= 4 is 11.7 Å². The third-order valence-corrected chi connectivity index (χ3v) is 7.47. The summed E-state index contributed by atoms with van der Waals surface area (Å²) in [6, 6.07) is 10.1. The van der Waals surface area contributed by atoms with E-state index < -0.39 is 35.7 Å². The quantitative estimate of drug-likeness (QED) is 0.224. The maximum absolute atomic E-state index is 14.2. The van der Waals surface area contributed by atoms with Crippen molar-refractivity contribution in [2.24, 2.45) is 5.73 Å². The molecule has 218 valence electrons. The van der Waals surface area contributed by atoms with Crippen LogP contribution in [0.1, 0.15) is 70.2 Å². The minimum Gasteiger partial charge on any atom is -0.366 e. The van der Waals surface area contributed by atoms with Crippen LogP contribution in [0.4, 0.5) is 22.0 Å². The third kappa shape index (κ3) is 6.24. The van der Waals surface area contributed by atoms with Crippen molar-refractivity contribution in [2.45, 2.75) is 57.4 Å². The molecule has 0 saturated heterocycles. The Labute approximate surface area is 238 Å². The van der Waals surface area contributed by atoms with Crippen LogP contribution in [0.2, 0.25) is 0 Å². The average Bonchev–Trinajstić information content (AvgIpc) is 3.31. The summed E-state index contributed by atoms with van der Waals surface area (Å²) in [4.78, 5) is 29.8. The Hall–Kier alpha value is -4.41. The molecule has 0 radical (unpaired) electrons. The van der Waals surface area contributed by atoms with Crippen molar-refractivity contribution in [3.63, 3.8) is 0 Å². The minimum absolute atomic E-state index is 0.00774. The smallest absolute Gasteiger partial charge is 0.282 e. The van der Waals surface area contributed by atoms with Gasteiger partial charge in [0.2, 0.25) is 0 Å². The molecule has 6 nitrogen and oxygen atoms in total. The fourth-order valence-electron chi connectivity index (χ4n) is 5.66. The molecule has 42 heavy (non-hydrogen) atoms. The largest absolute Gasteiger partial charge is 0.366 e. The van der Waals surface area contributed by atoms with Crippen LogP contribution >= 0.6 is 0 Å². The summed E-state index contributed by atoms with van der Waals surface area (Å²) in [5.41, 5.74) is 7.31. The summed E-state index contributed by atoms with van der Waals surface area (Å²) in [6.07, 6.45) is 1.14. The molecule has 5 rings (SSSR count). The van der Waals surface area contributed by atoms with Crippen LogP contribution in [0.5, 0.6) is 0 Å². The number of fused-ring (bicyclic) bond motifs is 1. The number of hydrogen-bond acceptors (Lipinski definition) is 4. The van der Waals surface area contributed by atoms with E-state index in [4.69, 9.17) is 5.73 Å². The Balaban J connectivity index is 1.52. The zero-order chi connectivity index (χ0) is 30.0. The molecule has 2 aromatic heterocycles. The first-order chi connectivity index (χ1) is 20.1. The number of hydrogen-bond donors (Lipinski definition) is 1. The summed E-state index contributed by atoms with van der Waals surface area (Å²) in [7, 11) is 0. The molecule has 2 N–H and O–H groups in total.